The highest BCUT2D eigenvalue weighted by Crippen LogP contribution is 2.38. The standard InChI is InChI=1S/C18H20F2N2O4/c1-11-4-2-3-9-18(11)15(24)22(17(25)21-18)10-14(23)12-5-7-13(8-6-12)26-16(19)20/h5-8,11,16H,2-4,9-10H2,1H3,(H,21,25)/t11-,18+/m0/s1. The maximum Gasteiger partial charge on any atom is 0.387 e. The smallest absolute Gasteiger partial charge is 0.387 e. The number of ether oxygens (including phenoxy) is 1. The Morgan fingerprint density at radius 2 is 2.00 bits per heavy atom. The topological polar surface area (TPSA) is 75.7 Å². The molecule has 6 nitrogen and oxygen atoms in total. The zero-order chi connectivity index (χ0) is 18.9. The number of ketones is 1. The fourth-order valence-corrected chi connectivity index (χ4v) is 3.70. The van der Waals surface area contributed by atoms with Crippen LogP contribution in [0.15, 0.2) is 24.3 Å². The number of urea groups is 1. The van der Waals surface area contributed by atoms with Crippen LogP contribution in [0.5, 0.6) is 5.75 Å². The number of Topliss-reactive ketones (excluding diaryl/α,β-unsaturated/α-hetero) is 1. The third-order valence-electron chi connectivity index (χ3n) is 5.20. The maximum atomic E-state index is 12.8. The lowest BCUT2D eigenvalue weighted by molar-refractivity contribution is -0.133. The number of benzene rings is 1. The third-order valence-corrected chi connectivity index (χ3v) is 5.20. The first-order chi connectivity index (χ1) is 12.3. The van der Waals surface area contributed by atoms with Crippen LogP contribution < -0.4 is 10.1 Å². The maximum absolute atomic E-state index is 12.8. The summed E-state index contributed by atoms with van der Waals surface area (Å²) in [6, 6.07) is 4.59. The van der Waals surface area contributed by atoms with E-state index in [1.54, 1.807) is 0 Å². The van der Waals surface area contributed by atoms with E-state index in [9.17, 15) is 23.2 Å². The van der Waals surface area contributed by atoms with Crippen LogP contribution in [0.4, 0.5) is 13.6 Å². The summed E-state index contributed by atoms with van der Waals surface area (Å²) in [6.45, 7) is -1.39. The Bertz CT molecular complexity index is 722. The van der Waals surface area contributed by atoms with E-state index in [1.807, 2.05) is 6.92 Å². The van der Waals surface area contributed by atoms with Crippen molar-refractivity contribution in [2.24, 2.45) is 5.92 Å². The van der Waals surface area contributed by atoms with Gasteiger partial charge in [0, 0.05) is 5.56 Å². The van der Waals surface area contributed by atoms with Gasteiger partial charge in [0.2, 0.25) is 0 Å². The van der Waals surface area contributed by atoms with Crippen LogP contribution in [0.3, 0.4) is 0 Å². The number of imide groups is 1. The minimum Gasteiger partial charge on any atom is -0.435 e. The van der Waals surface area contributed by atoms with Crippen LogP contribution in [0.2, 0.25) is 0 Å². The number of hydrogen-bond donors (Lipinski definition) is 1. The van der Waals surface area contributed by atoms with Crippen molar-refractivity contribution in [1.82, 2.24) is 10.2 Å². The van der Waals surface area contributed by atoms with E-state index in [2.05, 4.69) is 10.1 Å². The molecule has 8 heteroatoms. The molecule has 3 amide bonds. The monoisotopic (exact) mass is 366 g/mol. The highest BCUT2D eigenvalue weighted by molar-refractivity contribution is 6.11. The van der Waals surface area contributed by atoms with Gasteiger partial charge in [-0.25, -0.2) is 4.79 Å². The predicted molar refractivity (Wildman–Crippen MR) is 88.0 cm³/mol. The Morgan fingerprint density at radius 3 is 2.62 bits per heavy atom. The van der Waals surface area contributed by atoms with Gasteiger partial charge in [-0.1, -0.05) is 19.8 Å². The van der Waals surface area contributed by atoms with E-state index in [0.717, 1.165) is 24.2 Å². The second-order valence-corrected chi connectivity index (χ2v) is 6.77. The summed E-state index contributed by atoms with van der Waals surface area (Å²) in [5, 5.41) is 2.79. The molecule has 1 heterocycles. The molecule has 0 bridgehead atoms. The van der Waals surface area contributed by atoms with E-state index in [0.29, 0.717) is 6.42 Å². The van der Waals surface area contributed by atoms with E-state index in [-0.39, 0.29) is 29.7 Å². The normalized spacial score (nSPS) is 25.7. The highest BCUT2D eigenvalue weighted by Gasteiger charge is 2.55. The van der Waals surface area contributed by atoms with Crippen LogP contribution in [0, 0.1) is 5.92 Å². The van der Waals surface area contributed by atoms with Crippen molar-refractivity contribution in [1.29, 1.82) is 0 Å². The van der Waals surface area contributed by atoms with Crippen LogP contribution in [-0.4, -0.2) is 41.3 Å². The summed E-state index contributed by atoms with van der Waals surface area (Å²) >= 11 is 0. The number of halogens is 2. The predicted octanol–water partition coefficient (Wildman–Crippen LogP) is 2.97. The number of alkyl halides is 2. The summed E-state index contributed by atoms with van der Waals surface area (Å²) in [5.41, 5.74) is -0.699. The van der Waals surface area contributed by atoms with Gasteiger partial charge in [0.15, 0.2) is 5.78 Å². The molecule has 2 aliphatic rings. The lowest BCUT2D eigenvalue weighted by atomic mass is 9.73. The molecule has 1 aromatic rings. The zero-order valence-electron chi connectivity index (χ0n) is 14.3. The fourth-order valence-electron chi connectivity index (χ4n) is 3.70. The molecular weight excluding hydrogens is 346 g/mol. The van der Waals surface area contributed by atoms with Crippen LogP contribution in [-0.2, 0) is 4.79 Å². The Labute approximate surface area is 149 Å². The number of rotatable bonds is 5. The van der Waals surface area contributed by atoms with E-state index in [1.165, 1.54) is 24.3 Å². The second kappa shape index (κ2) is 7.01. The van der Waals surface area contributed by atoms with Gasteiger partial charge >= 0.3 is 12.6 Å². The van der Waals surface area contributed by atoms with Crippen LogP contribution in [0.1, 0.15) is 43.0 Å². The number of carbonyl (C=O) groups excluding carboxylic acids is 3. The van der Waals surface area contributed by atoms with Crippen molar-refractivity contribution in [2.75, 3.05) is 6.54 Å². The number of nitrogens with zero attached hydrogens (tertiary/aromatic N) is 1. The first-order valence-corrected chi connectivity index (χ1v) is 8.55. The summed E-state index contributed by atoms with van der Waals surface area (Å²) in [6.07, 6.45) is 3.28. The van der Waals surface area contributed by atoms with Crippen LogP contribution >= 0.6 is 0 Å². The molecule has 0 unspecified atom stereocenters. The molecule has 1 spiro atoms. The Balaban J connectivity index is 1.71. The molecule has 0 aromatic heterocycles. The molecule has 26 heavy (non-hydrogen) atoms. The molecule has 3 rings (SSSR count). The Morgan fingerprint density at radius 1 is 1.31 bits per heavy atom. The average molecular weight is 366 g/mol. The molecule has 1 aliphatic heterocycles. The summed E-state index contributed by atoms with van der Waals surface area (Å²) in [4.78, 5) is 38.5. The molecule has 2 atom stereocenters. The number of nitrogens with one attached hydrogen (secondary N) is 1. The summed E-state index contributed by atoms with van der Waals surface area (Å²) in [5.74, 6) is -0.863. The number of carbonyl (C=O) groups is 3. The van der Waals surface area contributed by atoms with Crippen molar-refractivity contribution in [3.63, 3.8) is 0 Å². The summed E-state index contributed by atoms with van der Waals surface area (Å²) < 4.78 is 28.6. The van der Waals surface area contributed by atoms with E-state index >= 15 is 0 Å². The molecule has 140 valence electrons. The van der Waals surface area contributed by atoms with Gasteiger partial charge in [-0.2, -0.15) is 8.78 Å². The average Bonchev–Trinajstić information content (AvgIpc) is 2.83. The minimum atomic E-state index is -2.95. The number of hydrogen-bond acceptors (Lipinski definition) is 4. The Kier molecular flexibility index (Phi) is 4.93. The van der Waals surface area contributed by atoms with Gasteiger partial charge in [0.1, 0.15) is 11.3 Å². The lowest BCUT2D eigenvalue weighted by Crippen LogP contribution is -2.54. The molecular formula is C18H20F2N2O4. The van der Waals surface area contributed by atoms with Gasteiger partial charge in [-0.3, -0.25) is 14.5 Å². The van der Waals surface area contributed by atoms with E-state index < -0.39 is 24.0 Å². The molecule has 1 aromatic carbocycles. The van der Waals surface area contributed by atoms with Crippen molar-refractivity contribution >= 4 is 17.7 Å². The first-order valence-electron chi connectivity index (χ1n) is 8.55. The molecule has 1 aliphatic carbocycles. The van der Waals surface area contributed by atoms with Gasteiger partial charge < -0.3 is 10.1 Å². The fraction of sp³-hybridized carbons (Fsp3) is 0.500. The van der Waals surface area contributed by atoms with Gasteiger partial charge in [-0.15, -0.1) is 0 Å². The lowest BCUT2D eigenvalue weighted by Gasteiger charge is -2.36. The molecule has 0 radical (unpaired) electrons. The number of amides is 3. The molecule has 1 saturated heterocycles. The highest BCUT2D eigenvalue weighted by atomic mass is 19.3. The molecule has 2 fully saturated rings. The van der Waals surface area contributed by atoms with Crippen LogP contribution in [0.25, 0.3) is 0 Å². The zero-order valence-corrected chi connectivity index (χ0v) is 14.3. The van der Waals surface area contributed by atoms with Crippen molar-refractivity contribution in [3.05, 3.63) is 29.8 Å². The first kappa shape index (κ1) is 18.3. The minimum absolute atomic E-state index is 0.0126. The van der Waals surface area contributed by atoms with E-state index in [4.69, 9.17) is 0 Å². The third kappa shape index (κ3) is 3.27. The van der Waals surface area contributed by atoms with Crippen molar-refractivity contribution in [3.8, 4) is 5.75 Å². The quantitative estimate of drug-likeness (QED) is 0.642. The van der Waals surface area contributed by atoms with Gasteiger partial charge in [0.05, 0.1) is 6.54 Å². The molecule has 1 saturated carbocycles. The summed E-state index contributed by atoms with van der Waals surface area (Å²) in [7, 11) is 0. The molecule has 1 N–H and O–H groups in total. The SMILES string of the molecule is C[C@H]1CCCC[C@@]12NC(=O)N(CC(=O)c1ccc(OC(F)F)cc1)C2=O. The van der Waals surface area contributed by atoms with Gasteiger partial charge in [0.25, 0.3) is 5.91 Å². The van der Waals surface area contributed by atoms with Crippen molar-refractivity contribution < 1.29 is 27.9 Å². The Hall–Kier alpha value is -2.51. The largest absolute Gasteiger partial charge is 0.435 e. The van der Waals surface area contributed by atoms with Gasteiger partial charge in [-0.05, 0) is 43.0 Å². The second-order valence-electron chi connectivity index (χ2n) is 6.77. The van der Waals surface area contributed by atoms with Crippen molar-refractivity contribution in [2.45, 2.75) is 44.8 Å².